The second-order valence-corrected chi connectivity index (χ2v) is 8.60. The van der Waals surface area contributed by atoms with E-state index in [0.717, 1.165) is 31.2 Å². The summed E-state index contributed by atoms with van der Waals surface area (Å²) in [4.78, 5) is 26.1. The number of carbonyl (C=O) groups excluding carboxylic acids is 2. The molecule has 3 aromatic carbocycles. The van der Waals surface area contributed by atoms with Crippen LogP contribution in [0.1, 0.15) is 22.3 Å². The summed E-state index contributed by atoms with van der Waals surface area (Å²) >= 11 is 6.92. The van der Waals surface area contributed by atoms with E-state index < -0.39 is 0 Å². The number of ketones is 2. The fourth-order valence-corrected chi connectivity index (χ4v) is 4.09. The minimum atomic E-state index is -0.276. The highest BCUT2D eigenvalue weighted by Crippen LogP contribution is 2.36. The highest BCUT2D eigenvalue weighted by molar-refractivity contribution is 9.10. The summed E-state index contributed by atoms with van der Waals surface area (Å²) in [7, 11) is 0. The lowest BCUT2D eigenvalue weighted by molar-refractivity contribution is -0.119. The second kappa shape index (κ2) is 8.44. The smallest absolute Gasteiger partial charge is 0.190 e. The molecule has 1 aliphatic carbocycles. The van der Waals surface area contributed by atoms with Crippen molar-refractivity contribution in [1.82, 2.24) is 0 Å². The number of Topliss-reactive ketones (excluding diaryl/α,β-unsaturated/α-hetero) is 1. The van der Waals surface area contributed by atoms with Crippen molar-refractivity contribution in [3.05, 3.63) is 116 Å². The second-order valence-electron chi connectivity index (χ2n) is 6.77. The fraction of sp³-hybridized carbons (Fsp3) is 0.0400. The molecular formula is C25H16Br2O2. The van der Waals surface area contributed by atoms with Crippen molar-refractivity contribution in [1.29, 1.82) is 0 Å². The Balaban J connectivity index is 1.85. The Labute approximate surface area is 186 Å². The van der Waals surface area contributed by atoms with Gasteiger partial charge in [-0.05, 0) is 52.6 Å². The summed E-state index contributed by atoms with van der Waals surface area (Å²) in [5.74, 6) is -0.425. The minimum absolute atomic E-state index is 0.149. The zero-order valence-corrected chi connectivity index (χ0v) is 18.5. The van der Waals surface area contributed by atoms with E-state index >= 15 is 0 Å². The lowest BCUT2D eigenvalue weighted by atomic mass is 9.80. The Morgan fingerprint density at radius 1 is 0.862 bits per heavy atom. The molecule has 2 nitrogen and oxygen atoms in total. The Morgan fingerprint density at radius 2 is 1.55 bits per heavy atom. The van der Waals surface area contributed by atoms with Crippen LogP contribution in [-0.4, -0.2) is 11.6 Å². The molecule has 4 rings (SSSR count). The van der Waals surface area contributed by atoms with Crippen LogP contribution in [0.3, 0.4) is 0 Å². The molecule has 0 atom stereocenters. The van der Waals surface area contributed by atoms with Crippen LogP contribution in [0, 0.1) is 0 Å². The quantitative estimate of drug-likeness (QED) is 0.301. The van der Waals surface area contributed by atoms with Crippen LogP contribution in [0.2, 0.25) is 0 Å². The van der Waals surface area contributed by atoms with E-state index in [1.54, 1.807) is 6.08 Å². The van der Waals surface area contributed by atoms with Crippen molar-refractivity contribution in [2.75, 3.05) is 0 Å². The van der Waals surface area contributed by atoms with Crippen molar-refractivity contribution in [3.8, 4) is 0 Å². The van der Waals surface area contributed by atoms with E-state index in [-0.39, 0.29) is 23.6 Å². The van der Waals surface area contributed by atoms with Crippen LogP contribution in [0.25, 0.3) is 11.6 Å². The first kappa shape index (κ1) is 19.7. The van der Waals surface area contributed by atoms with Crippen molar-refractivity contribution in [2.45, 2.75) is 6.42 Å². The molecule has 0 heterocycles. The number of fused-ring (bicyclic) bond motifs is 1. The van der Waals surface area contributed by atoms with Gasteiger partial charge in [-0.15, -0.1) is 0 Å². The van der Waals surface area contributed by atoms with Gasteiger partial charge in [-0.1, -0.05) is 86.5 Å². The summed E-state index contributed by atoms with van der Waals surface area (Å²) in [5.41, 5.74) is 4.56. The third-order valence-corrected chi connectivity index (χ3v) is 5.85. The molecule has 142 valence electrons. The Hall–Kier alpha value is -2.56. The van der Waals surface area contributed by atoms with Crippen LogP contribution < -0.4 is 0 Å². The van der Waals surface area contributed by atoms with E-state index in [1.807, 2.05) is 72.8 Å². The average molecular weight is 508 g/mol. The van der Waals surface area contributed by atoms with Crippen molar-refractivity contribution < 1.29 is 9.59 Å². The SMILES string of the molecule is O=C(C=Cc1ccc(Br)cc1)C1=C(c2ccccc2)c2cc(Br)ccc2CC1=O. The van der Waals surface area contributed by atoms with Crippen LogP contribution in [0.15, 0.2) is 93.4 Å². The third kappa shape index (κ3) is 4.24. The molecule has 0 amide bonds. The maximum absolute atomic E-state index is 13.1. The molecule has 0 bridgehead atoms. The number of hydrogen-bond donors (Lipinski definition) is 0. The van der Waals surface area contributed by atoms with Gasteiger partial charge in [0.15, 0.2) is 11.6 Å². The first-order valence-corrected chi connectivity index (χ1v) is 10.7. The Kier molecular flexibility index (Phi) is 5.74. The fourth-order valence-electron chi connectivity index (χ4n) is 3.47. The molecule has 1 aliphatic rings. The number of hydrogen-bond acceptors (Lipinski definition) is 2. The van der Waals surface area contributed by atoms with E-state index in [2.05, 4.69) is 31.9 Å². The highest BCUT2D eigenvalue weighted by Gasteiger charge is 2.29. The van der Waals surface area contributed by atoms with E-state index in [4.69, 9.17) is 0 Å². The van der Waals surface area contributed by atoms with Crippen LogP contribution >= 0.6 is 31.9 Å². The van der Waals surface area contributed by atoms with Crippen molar-refractivity contribution in [3.63, 3.8) is 0 Å². The first-order valence-electron chi connectivity index (χ1n) is 9.12. The van der Waals surface area contributed by atoms with E-state index in [9.17, 15) is 9.59 Å². The van der Waals surface area contributed by atoms with Gasteiger partial charge >= 0.3 is 0 Å². The van der Waals surface area contributed by atoms with Gasteiger partial charge in [-0.2, -0.15) is 0 Å². The molecule has 0 unspecified atom stereocenters. The van der Waals surface area contributed by atoms with Gasteiger partial charge in [-0.25, -0.2) is 0 Å². The molecule has 0 spiro atoms. The Bertz CT molecular complexity index is 1160. The van der Waals surface area contributed by atoms with E-state index in [0.29, 0.717) is 5.57 Å². The number of allylic oxidation sites excluding steroid dienone is 2. The number of carbonyl (C=O) groups is 2. The number of rotatable bonds is 4. The lowest BCUT2D eigenvalue weighted by Gasteiger charge is -2.22. The summed E-state index contributed by atoms with van der Waals surface area (Å²) in [6.07, 6.45) is 3.46. The van der Waals surface area contributed by atoms with Crippen LogP contribution in [0.5, 0.6) is 0 Å². The highest BCUT2D eigenvalue weighted by atomic mass is 79.9. The number of halogens is 2. The minimum Gasteiger partial charge on any atom is -0.294 e. The monoisotopic (exact) mass is 506 g/mol. The van der Waals surface area contributed by atoms with Crippen molar-refractivity contribution >= 4 is 55.1 Å². The van der Waals surface area contributed by atoms with Crippen LogP contribution in [0.4, 0.5) is 0 Å². The molecule has 0 saturated heterocycles. The third-order valence-electron chi connectivity index (χ3n) is 4.83. The maximum atomic E-state index is 13.1. The lowest BCUT2D eigenvalue weighted by Crippen LogP contribution is -2.21. The van der Waals surface area contributed by atoms with Gasteiger partial charge in [-0.3, -0.25) is 9.59 Å². The van der Waals surface area contributed by atoms with Gasteiger partial charge < -0.3 is 0 Å². The predicted molar refractivity (Wildman–Crippen MR) is 124 cm³/mol. The predicted octanol–water partition coefficient (Wildman–Crippen LogP) is 6.42. The van der Waals surface area contributed by atoms with E-state index in [1.165, 1.54) is 6.08 Å². The topological polar surface area (TPSA) is 34.1 Å². The molecule has 0 radical (unpaired) electrons. The molecule has 4 heteroatoms. The molecule has 29 heavy (non-hydrogen) atoms. The zero-order chi connectivity index (χ0) is 20.4. The molecule has 0 saturated carbocycles. The van der Waals surface area contributed by atoms with Gasteiger partial charge in [0.25, 0.3) is 0 Å². The van der Waals surface area contributed by atoms with Gasteiger partial charge in [0.1, 0.15) is 0 Å². The standard InChI is InChI=1S/C25H16Br2O2/c26-19-10-6-16(7-11-19)8-13-22(28)25-23(29)14-18-9-12-20(27)15-21(18)24(25)17-4-2-1-3-5-17/h1-13,15H,14H2. The summed E-state index contributed by atoms with van der Waals surface area (Å²) in [5, 5.41) is 0. The molecule has 0 aromatic heterocycles. The molecular weight excluding hydrogens is 492 g/mol. The zero-order valence-electron chi connectivity index (χ0n) is 15.4. The molecule has 0 N–H and O–H groups in total. The Morgan fingerprint density at radius 3 is 2.28 bits per heavy atom. The molecule has 3 aromatic rings. The summed E-state index contributed by atoms with van der Waals surface area (Å²) in [6.45, 7) is 0. The molecule has 0 aliphatic heterocycles. The van der Waals surface area contributed by atoms with Crippen molar-refractivity contribution in [2.24, 2.45) is 0 Å². The summed E-state index contributed by atoms with van der Waals surface area (Å²) < 4.78 is 1.89. The normalized spacial score (nSPS) is 13.7. The van der Waals surface area contributed by atoms with Gasteiger partial charge in [0.05, 0.1) is 5.57 Å². The maximum Gasteiger partial charge on any atom is 0.190 e. The average Bonchev–Trinajstić information content (AvgIpc) is 2.73. The molecule has 0 fully saturated rings. The van der Waals surface area contributed by atoms with Crippen LogP contribution in [-0.2, 0) is 16.0 Å². The van der Waals surface area contributed by atoms with Gasteiger partial charge in [0, 0.05) is 20.9 Å². The summed E-state index contributed by atoms with van der Waals surface area (Å²) in [6, 6.07) is 23.1. The van der Waals surface area contributed by atoms with Gasteiger partial charge in [0.2, 0.25) is 0 Å². The number of benzene rings is 3. The largest absolute Gasteiger partial charge is 0.294 e. The first-order chi connectivity index (χ1) is 14.0.